The summed E-state index contributed by atoms with van der Waals surface area (Å²) in [7, 11) is 3.74. The van der Waals surface area contributed by atoms with E-state index < -0.39 is 12.2 Å². The predicted octanol–water partition coefficient (Wildman–Crippen LogP) is -1.07. The van der Waals surface area contributed by atoms with E-state index >= 15 is 0 Å². The second-order valence-electron chi connectivity index (χ2n) is 2.43. The highest BCUT2D eigenvalue weighted by Crippen LogP contribution is 1.83. The maximum Gasteiger partial charge on any atom is 0.347 e. The highest BCUT2D eigenvalue weighted by molar-refractivity contribution is 5.71. The van der Waals surface area contributed by atoms with Gasteiger partial charge in [-0.25, -0.2) is 4.79 Å². The topological polar surface area (TPSA) is 75.8 Å². The van der Waals surface area contributed by atoms with E-state index in [9.17, 15) is 4.79 Å². The Labute approximate surface area is 65.7 Å². The fourth-order valence-corrected chi connectivity index (χ4v) is 0.434. The van der Waals surface area contributed by atoms with Crippen LogP contribution in [0.25, 0.3) is 0 Å². The van der Waals surface area contributed by atoms with Crippen molar-refractivity contribution < 1.29 is 14.6 Å². The second kappa shape index (κ2) is 5.06. The fraction of sp³-hybridized carbons (Fsp3) is 0.833. The van der Waals surface area contributed by atoms with Crippen molar-refractivity contribution in [3.63, 3.8) is 0 Å². The number of carboxylic acids is 1. The summed E-state index contributed by atoms with van der Waals surface area (Å²) in [6.07, 6.45) is -1.20. The van der Waals surface area contributed by atoms with Gasteiger partial charge in [-0.05, 0) is 14.1 Å². The average Bonchev–Trinajstić information content (AvgIpc) is 1.86. The highest BCUT2D eigenvalue weighted by Gasteiger charge is 2.10. The Bertz CT molecular complexity index is 127. The van der Waals surface area contributed by atoms with Crippen molar-refractivity contribution in [1.29, 1.82) is 0 Å². The quantitative estimate of drug-likeness (QED) is 0.504. The summed E-state index contributed by atoms with van der Waals surface area (Å²) < 4.78 is 4.75. The zero-order valence-electron chi connectivity index (χ0n) is 6.78. The molecule has 5 nitrogen and oxygen atoms in total. The molecule has 0 bridgehead atoms. The largest absolute Gasteiger partial charge is 0.478 e. The molecule has 0 spiro atoms. The molecule has 1 atom stereocenters. The number of carboxylic acid groups (broad SMARTS) is 1. The highest BCUT2D eigenvalue weighted by atomic mass is 16.5. The van der Waals surface area contributed by atoms with Gasteiger partial charge in [0.1, 0.15) is 0 Å². The average molecular weight is 162 g/mol. The summed E-state index contributed by atoms with van der Waals surface area (Å²) in [4.78, 5) is 12.0. The Morgan fingerprint density at radius 1 is 1.73 bits per heavy atom. The summed E-state index contributed by atoms with van der Waals surface area (Å²) >= 11 is 0. The van der Waals surface area contributed by atoms with Gasteiger partial charge in [0.25, 0.3) is 0 Å². The van der Waals surface area contributed by atoms with Crippen LogP contribution >= 0.6 is 0 Å². The van der Waals surface area contributed by atoms with Gasteiger partial charge in [-0.2, -0.15) is 0 Å². The molecule has 0 aliphatic rings. The number of carbonyl (C=O) groups is 1. The van der Waals surface area contributed by atoms with E-state index in [0.717, 1.165) is 0 Å². The molecule has 66 valence electrons. The first kappa shape index (κ1) is 10.3. The van der Waals surface area contributed by atoms with Gasteiger partial charge in [0.15, 0.2) is 0 Å². The maximum absolute atomic E-state index is 10.1. The summed E-state index contributed by atoms with van der Waals surface area (Å²) in [6, 6.07) is 0. The molecule has 0 saturated carbocycles. The number of hydrogen-bond acceptors (Lipinski definition) is 4. The SMILES string of the molecule is CN(C)CCOC(N)C(=O)O. The van der Waals surface area contributed by atoms with Crippen LogP contribution in [0.3, 0.4) is 0 Å². The van der Waals surface area contributed by atoms with Crippen molar-refractivity contribution in [2.75, 3.05) is 27.2 Å². The number of ether oxygens (including phenoxy) is 1. The Kier molecular flexibility index (Phi) is 4.76. The minimum atomic E-state index is -1.20. The third kappa shape index (κ3) is 5.78. The molecule has 1 unspecified atom stereocenters. The van der Waals surface area contributed by atoms with Gasteiger partial charge in [0.2, 0.25) is 6.23 Å². The van der Waals surface area contributed by atoms with Crippen molar-refractivity contribution >= 4 is 5.97 Å². The fourth-order valence-electron chi connectivity index (χ4n) is 0.434. The van der Waals surface area contributed by atoms with Gasteiger partial charge in [-0.3, -0.25) is 5.73 Å². The van der Waals surface area contributed by atoms with E-state index in [1.54, 1.807) is 0 Å². The molecule has 0 aromatic heterocycles. The van der Waals surface area contributed by atoms with Crippen molar-refractivity contribution in [3.05, 3.63) is 0 Å². The third-order valence-corrected chi connectivity index (χ3v) is 1.08. The van der Waals surface area contributed by atoms with Crippen LogP contribution in [0.2, 0.25) is 0 Å². The van der Waals surface area contributed by atoms with E-state index in [1.165, 1.54) is 0 Å². The van der Waals surface area contributed by atoms with Gasteiger partial charge in [-0.15, -0.1) is 0 Å². The van der Waals surface area contributed by atoms with E-state index in [0.29, 0.717) is 13.2 Å². The molecule has 0 rings (SSSR count). The zero-order valence-corrected chi connectivity index (χ0v) is 6.78. The molecule has 0 aromatic carbocycles. The molecule has 5 heteroatoms. The van der Waals surface area contributed by atoms with E-state index in [2.05, 4.69) is 0 Å². The molecular formula is C6H14N2O3. The van der Waals surface area contributed by atoms with Crippen LogP contribution in [-0.2, 0) is 9.53 Å². The van der Waals surface area contributed by atoms with Crippen LogP contribution < -0.4 is 5.73 Å². The van der Waals surface area contributed by atoms with Gasteiger partial charge in [0, 0.05) is 6.54 Å². The lowest BCUT2D eigenvalue weighted by Crippen LogP contribution is -2.35. The smallest absolute Gasteiger partial charge is 0.347 e. The van der Waals surface area contributed by atoms with E-state index in [-0.39, 0.29) is 0 Å². The van der Waals surface area contributed by atoms with Crippen LogP contribution in [0.5, 0.6) is 0 Å². The first-order chi connectivity index (χ1) is 5.04. The van der Waals surface area contributed by atoms with E-state index in [4.69, 9.17) is 15.6 Å². The lowest BCUT2D eigenvalue weighted by Gasteiger charge is -2.11. The molecule has 0 radical (unpaired) electrons. The number of aliphatic carboxylic acids is 1. The first-order valence-corrected chi connectivity index (χ1v) is 3.28. The van der Waals surface area contributed by atoms with Crippen molar-refractivity contribution in [2.24, 2.45) is 5.73 Å². The molecular weight excluding hydrogens is 148 g/mol. The first-order valence-electron chi connectivity index (χ1n) is 3.28. The third-order valence-electron chi connectivity index (χ3n) is 1.08. The standard InChI is InChI=1S/C6H14N2O3/c1-8(2)3-4-11-5(7)6(9)10/h5H,3-4,7H2,1-2H3,(H,9,10). The summed E-state index contributed by atoms with van der Waals surface area (Å²) in [6.45, 7) is 1.00. The monoisotopic (exact) mass is 162 g/mol. The molecule has 0 amide bonds. The van der Waals surface area contributed by atoms with Gasteiger partial charge >= 0.3 is 5.97 Å². The summed E-state index contributed by atoms with van der Waals surface area (Å²) in [5, 5.41) is 8.28. The molecule has 0 saturated heterocycles. The van der Waals surface area contributed by atoms with Gasteiger partial charge in [-0.1, -0.05) is 0 Å². The molecule has 0 heterocycles. The molecule has 0 aliphatic heterocycles. The molecule has 0 aromatic rings. The normalized spacial score (nSPS) is 13.5. The number of hydrogen-bond donors (Lipinski definition) is 2. The van der Waals surface area contributed by atoms with E-state index in [1.807, 2.05) is 19.0 Å². The second-order valence-corrected chi connectivity index (χ2v) is 2.43. The van der Waals surface area contributed by atoms with Crippen molar-refractivity contribution in [3.8, 4) is 0 Å². The Morgan fingerprint density at radius 2 is 2.27 bits per heavy atom. The zero-order chi connectivity index (χ0) is 8.85. The molecule has 0 aliphatic carbocycles. The van der Waals surface area contributed by atoms with Crippen molar-refractivity contribution in [2.45, 2.75) is 6.23 Å². The van der Waals surface area contributed by atoms with Crippen LogP contribution in [0.1, 0.15) is 0 Å². The van der Waals surface area contributed by atoms with Crippen LogP contribution in [0.4, 0.5) is 0 Å². The van der Waals surface area contributed by atoms with Crippen LogP contribution in [0, 0.1) is 0 Å². The predicted molar refractivity (Wildman–Crippen MR) is 40.1 cm³/mol. The molecule has 0 fully saturated rings. The summed E-state index contributed by atoms with van der Waals surface area (Å²) in [5.41, 5.74) is 5.06. The number of nitrogens with two attached hydrogens (primary N) is 1. The van der Waals surface area contributed by atoms with Crippen LogP contribution in [0.15, 0.2) is 0 Å². The van der Waals surface area contributed by atoms with Gasteiger partial charge in [0.05, 0.1) is 6.61 Å². The Hall–Kier alpha value is -0.650. The molecule has 3 N–H and O–H groups in total. The van der Waals surface area contributed by atoms with Crippen molar-refractivity contribution in [1.82, 2.24) is 4.90 Å². The van der Waals surface area contributed by atoms with Gasteiger partial charge < -0.3 is 14.7 Å². The number of likely N-dealkylation sites (N-methyl/N-ethyl adjacent to an activating group) is 1. The number of nitrogens with zero attached hydrogens (tertiary/aromatic N) is 1. The Balaban J connectivity index is 3.31. The maximum atomic E-state index is 10.1. The number of rotatable bonds is 5. The lowest BCUT2D eigenvalue weighted by atomic mass is 10.6. The molecule has 11 heavy (non-hydrogen) atoms. The van der Waals surface area contributed by atoms with Crippen LogP contribution in [-0.4, -0.2) is 49.5 Å². The minimum Gasteiger partial charge on any atom is -0.478 e. The minimum absolute atomic E-state index is 0.334. The lowest BCUT2D eigenvalue weighted by molar-refractivity contribution is -0.150. The summed E-state index contributed by atoms with van der Waals surface area (Å²) in [5.74, 6) is -1.14. The Morgan fingerprint density at radius 3 is 2.64 bits per heavy atom.